The molecule has 0 bridgehead atoms. The van der Waals surface area contributed by atoms with E-state index in [1.165, 1.54) is 18.2 Å². The number of aromatic nitrogens is 4. The first-order valence-corrected chi connectivity index (χ1v) is 7.26. The van der Waals surface area contributed by atoms with Crippen LogP contribution in [-0.4, -0.2) is 25.5 Å². The van der Waals surface area contributed by atoms with Crippen LogP contribution >= 0.6 is 11.6 Å². The molecule has 2 heterocycles. The van der Waals surface area contributed by atoms with E-state index in [2.05, 4.69) is 14.7 Å². The third kappa shape index (κ3) is 3.70. The summed E-state index contributed by atoms with van der Waals surface area (Å²) < 4.78 is 44.2. The summed E-state index contributed by atoms with van der Waals surface area (Å²) >= 11 is 5.86. The predicted octanol–water partition coefficient (Wildman–Crippen LogP) is 3.98. The van der Waals surface area contributed by atoms with Crippen molar-refractivity contribution >= 4 is 11.6 Å². The maximum atomic E-state index is 12.3. The van der Waals surface area contributed by atoms with Crippen molar-refractivity contribution in [3.8, 4) is 11.4 Å². The Morgan fingerprint density at radius 2 is 2.04 bits per heavy atom. The Labute approximate surface area is 140 Å². The molecule has 0 spiro atoms. The number of nitrogens with zero attached hydrogens (tertiary/aromatic N) is 4. The van der Waals surface area contributed by atoms with Gasteiger partial charge in [-0.2, -0.15) is 0 Å². The van der Waals surface area contributed by atoms with Crippen molar-refractivity contribution in [3.63, 3.8) is 0 Å². The fourth-order valence-corrected chi connectivity index (χ4v) is 2.40. The average molecular weight is 357 g/mol. The van der Waals surface area contributed by atoms with Crippen LogP contribution in [0.1, 0.15) is 11.5 Å². The summed E-state index contributed by atoms with van der Waals surface area (Å²) in [6.07, 6.45) is 2.10. The largest absolute Gasteiger partial charge is 0.573 e. The molecule has 1 aromatic carbocycles. The Morgan fingerprint density at radius 3 is 2.67 bits per heavy atom. The molecular weight excluding hydrogens is 345 g/mol. The van der Waals surface area contributed by atoms with E-state index in [9.17, 15) is 13.2 Å². The zero-order chi connectivity index (χ0) is 17.3. The lowest BCUT2D eigenvalue weighted by molar-refractivity contribution is -0.274. The van der Waals surface area contributed by atoms with Crippen LogP contribution in [0.3, 0.4) is 0 Å². The van der Waals surface area contributed by atoms with Crippen LogP contribution in [0.2, 0.25) is 5.02 Å². The van der Waals surface area contributed by atoms with E-state index in [1.54, 1.807) is 23.3 Å². The van der Waals surface area contributed by atoms with Crippen molar-refractivity contribution in [2.75, 3.05) is 0 Å². The first-order chi connectivity index (χ1) is 11.3. The van der Waals surface area contributed by atoms with Crippen LogP contribution in [-0.2, 0) is 6.54 Å². The van der Waals surface area contributed by atoms with E-state index in [4.69, 9.17) is 11.6 Å². The summed E-state index contributed by atoms with van der Waals surface area (Å²) in [7, 11) is 0. The van der Waals surface area contributed by atoms with E-state index in [-0.39, 0.29) is 5.02 Å². The van der Waals surface area contributed by atoms with Crippen molar-refractivity contribution in [2.45, 2.75) is 19.8 Å². The first-order valence-electron chi connectivity index (χ1n) is 6.88. The Bertz CT molecular complexity index is 857. The van der Waals surface area contributed by atoms with Crippen molar-refractivity contribution in [3.05, 3.63) is 59.7 Å². The van der Waals surface area contributed by atoms with Crippen LogP contribution < -0.4 is 4.74 Å². The molecule has 0 unspecified atom stereocenters. The van der Waals surface area contributed by atoms with Gasteiger partial charge in [0.1, 0.15) is 11.6 Å². The molecule has 126 valence electrons. The van der Waals surface area contributed by atoms with Crippen LogP contribution in [0.15, 0.2) is 43.1 Å². The SMILES string of the molecule is Cc1nccn1Cc1cn(-c2ccc(OC(F)(F)F)c(Cl)c2)cn1. The molecule has 0 aliphatic rings. The molecule has 0 N–H and O–H groups in total. The predicted molar refractivity (Wildman–Crippen MR) is 81.3 cm³/mol. The molecule has 0 fully saturated rings. The highest BCUT2D eigenvalue weighted by Crippen LogP contribution is 2.31. The van der Waals surface area contributed by atoms with Gasteiger partial charge in [-0.25, -0.2) is 9.97 Å². The van der Waals surface area contributed by atoms with E-state index in [0.717, 1.165) is 11.5 Å². The minimum atomic E-state index is -4.78. The third-order valence-corrected chi connectivity index (χ3v) is 3.63. The molecule has 0 aliphatic heterocycles. The van der Waals surface area contributed by atoms with Gasteiger partial charge in [0.25, 0.3) is 0 Å². The molecule has 0 radical (unpaired) electrons. The van der Waals surface area contributed by atoms with Crippen LogP contribution in [0.5, 0.6) is 5.75 Å². The summed E-state index contributed by atoms with van der Waals surface area (Å²) in [6.45, 7) is 2.43. The van der Waals surface area contributed by atoms with Crippen molar-refractivity contribution in [1.82, 2.24) is 19.1 Å². The minimum absolute atomic E-state index is 0.134. The number of halogens is 4. The Morgan fingerprint density at radius 1 is 1.25 bits per heavy atom. The fraction of sp³-hybridized carbons (Fsp3) is 0.200. The van der Waals surface area contributed by atoms with Gasteiger partial charge in [0.2, 0.25) is 0 Å². The van der Waals surface area contributed by atoms with Crippen LogP contribution in [0.25, 0.3) is 5.69 Å². The number of hydrogen-bond acceptors (Lipinski definition) is 3. The van der Waals surface area contributed by atoms with Crippen molar-refractivity contribution < 1.29 is 17.9 Å². The lowest BCUT2D eigenvalue weighted by Gasteiger charge is -2.11. The molecule has 0 amide bonds. The second kappa shape index (κ2) is 6.20. The molecule has 0 aliphatic carbocycles. The van der Waals surface area contributed by atoms with Crippen molar-refractivity contribution in [2.24, 2.45) is 0 Å². The standard InChI is InChI=1S/C15H12ClF3N4O/c1-10-20-4-5-22(10)7-11-8-23(9-21-11)12-2-3-14(13(16)6-12)24-15(17,18)19/h2-6,8-9H,7H2,1H3. The topological polar surface area (TPSA) is 44.9 Å². The summed E-state index contributed by atoms with van der Waals surface area (Å²) in [5.41, 5.74) is 1.36. The number of benzene rings is 1. The summed E-state index contributed by atoms with van der Waals surface area (Å²) in [4.78, 5) is 8.41. The van der Waals surface area contributed by atoms with Gasteiger partial charge in [-0.05, 0) is 25.1 Å². The highest BCUT2D eigenvalue weighted by Gasteiger charge is 2.32. The van der Waals surface area contributed by atoms with Gasteiger partial charge < -0.3 is 13.9 Å². The molecule has 0 atom stereocenters. The molecule has 0 saturated carbocycles. The van der Waals surface area contributed by atoms with Gasteiger partial charge in [-0.3, -0.25) is 0 Å². The first kappa shape index (κ1) is 16.4. The van der Waals surface area contributed by atoms with E-state index in [1.807, 2.05) is 17.7 Å². The number of aryl methyl sites for hydroxylation is 1. The molecule has 5 nitrogen and oxygen atoms in total. The van der Waals surface area contributed by atoms with Gasteiger partial charge in [-0.1, -0.05) is 11.6 Å². The quantitative estimate of drug-likeness (QED) is 0.710. The number of rotatable bonds is 4. The number of ether oxygens (including phenoxy) is 1. The van der Waals surface area contributed by atoms with Gasteiger partial charge in [0, 0.05) is 24.3 Å². The number of imidazole rings is 2. The maximum Gasteiger partial charge on any atom is 0.573 e. The summed E-state index contributed by atoms with van der Waals surface area (Å²) in [5, 5.41) is -0.134. The normalized spacial score (nSPS) is 11.7. The lowest BCUT2D eigenvalue weighted by atomic mass is 10.3. The Hall–Kier alpha value is -2.48. The van der Waals surface area contributed by atoms with Gasteiger partial charge in [-0.15, -0.1) is 13.2 Å². The van der Waals surface area contributed by atoms with Gasteiger partial charge in [0.15, 0.2) is 0 Å². The summed E-state index contributed by atoms with van der Waals surface area (Å²) in [6, 6.07) is 4.03. The fourth-order valence-electron chi connectivity index (χ4n) is 2.19. The number of alkyl halides is 3. The molecule has 0 saturated heterocycles. The molecule has 3 rings (SSSR count). The zero-order valence-corrected chi connectivity index (χ0v) is 13.2. The van der Waals surface area contributed by atoms with Crippen LogP contribution in [0.4, 0.5) is 13.2 Å². The van der Waals surface area contributed by atoms with E-state index < -0.39 is 12.1 Å². The lowest BCUT2D eigenvalue weighted by Crippen LogP contribution is -2.17. The summed E-state index contributed by atoms with van der Waals surface area (Å²) in [5.74, 6) is 0.420. The third-order valence-electron chi connectivity index (χ3n) is 3.33. The Balaban J connectivity index is 1.80. The molecule has 3 aromatic rings. The smallest absolute Gasteiger partial charge is 0.404 e. The molecule has 24 heavy (non-hydrogen) atoms. The van der Waals surface area contributed by atoms with E-state index in [0.29, 0.717) is 12.2 Å². The minimum Gasteiger partial charge on any atom is -0.404 e. The number of hydrogen-bond donors (Lipinski definition) is 0. The monoisotopic (exact) mass is 356 g/mol. The maximum absolute atomic E-state index is 12.3. The molecule has 9 heteroatoms. The highest BCUT2D eigenvalue weighted by molar-refractivity contribution is 6.32. The second-order valence-corrected chi connectivity index (χ2v) is 5.44. The Kier molecular flexibility index (Phi) is 4.23. The van der Waals surface area contributed by atoms with E-state index >= 15 is 0 Å². The molecule has 2 aromatic heterocycles. The second-order valence-electron chi connectivity index (χ2n) is 5.04. The van der Waals surface area contributed by atoms with Crippen LogP contribution in [0, 0.1) is 6.92 Å². The highest BCUT2D eigenvalue weighted by atomic mass is 35.5. The average Bonchev–Trinajstić information content (AvgIpc) is 3.10. The van der Waals surface area contributed by atoms with Crippen molar-refractivity contribution in [1.29, 1.82) is 0 Å². The zero-order valence-electron chi connectivity index (χ0n) is 12.5. The van der Waals surface area contributed by atoms with Gasteiger partial charge >= 0.3 is 6.36 Å². The van der Waals surface area contributed by atoms with Gasteiger partial charge in [0.05, 0.1) is 23.6 Å². The molecular formula is C15H12ClF3N4O.